The van der Waals surface area contributed by atoms with Crippen LogP contribution in [0.2, 0.25) is 0 Å². The summed E-state index contributed by atoms with van der Waals surface area (Å²) >= 11 is 0. The predicted molar refractivity (Wildman–Crippen MR) is 81.8 cm³/mol. The summed E-state index contributed by atoms with van der Waals surface area (Å²) in [7, 11) is 0. The Kier molecular flexibility index (Phi) is 5.33. The van der Waals surface area contributed by atoms with E-state index in [2.05, 4.69) is 0 Å². The van der Waals surface area contributed by atoms with Gasteiger partial charge in [0.1, 0.15) is 0 Å². The highest BCUT2D eigenvalue weighted by atomic mass is 16.2. The lowest BCUT2D eigenvalue weighted by Crippen LogP contribution is -2.51. The fourth-order valence-electron chi connectivity index (χ4n) is 2.58. The SMILES string of the molecule is CC(CCN)C(=O)N1CCN(C(=O)c2ccccc2)CC1. The van der Waals surface area contributed by atoms with Gasteiger partial charge in [-0.1, -0.05) is 25.1 Å². The zero-order chi connectivity index (χ0) is 15.2. The van der Waals surface area contributed by atoms with E-state index in [0.29, 0.717) is 44.7 Å². The molecule has 1 fully saturated rings. The summed E-state index contributed by atoms with van der Waals surface area (Å²) in [5.41, 5.74) is 6.20. The molecule has 2 N–H and O–H groups in total. The van der Waals surface area contributed by atoms with Gasteiger partial charge in [-0.2, -0.15) is 0 Å². The minimum absolute atomic E-state index is 0.0358. The lowest BCUT2D eigenvalue weighted by atomic mass is 10.1. The Morgan fingerprint density at radius 2 is 1.67 bits per heavy atom. The highest BCUT2D eigenvalue weighted by Crippen LogP contribution is 2.12. The van der Waals surface area contributed by atoms with E-state index in [-0.39, 0.29) is 17.7 Å². The molecule has 1 heterocycles. The number of hydrogen-bond acceptors (Lipinski definition) is 3. The first-order valence-electron chi connectivity index (χ1n) is 7.46. The zero-order valence-corrected chi connectivity index (χ0v) is 12.5. The second-order valence-corrected chi connectivity index (χ2v) is 5.46. The normalized spacial score (nSPS) is 16.7. The Bertz CT molecular complexity index is 482. The molecular weight excluding hydrogens is 266 g/mol. The van der Waals surface area contributed by atoms with Crippen LogP contribution >= 0.6 is 0 Å². The van der Waals surface area contributed by atoms with Crippen LogP contribution in [0.15, 0.2) is 30.3 Å². The van der Waals surface area contributed by atoms with Crippen molar-refractivity contribution in [2.75, 3.05) is 32.7 Å². The molecule has 1 unspecified atom stereocenters. The van der Waals surface area contributed by atoms with Crippen LogP contribution in [-0.4, -0.2) is 54.3 Å². The van der Waals surface area contributed by atoms with Crippen LogP contribution in [0.25, 0.3) is 0 Å². The molecule has 0 aromatic heterocycles. The van der Waals surface area contributed by atoms with Crippen molar-refractivity contribution in [3.8, 4) is 0 Å². The van der Waals surface area contributed by atoms with E-state index in [9.17, 15) is 9.59 Å². The van der Waals surface area contributed by atoms with E-state index >= 15 is 0 Å². The molecule has 21 heavy (non-hydrogen) atoms. The van der Waals surface area contributed by atoms with E-state index in [0.717, 1.165) is 0 Å². The Morgan fingerprint density at radius 3 is 2.24 bits per heavy atom. The standard InChI is InChI=1S/C16H23N3O2/c1-13(7-8-17)15(20)18-9-11-19(12-10-18)16(21)14-5-3-2-4-6-14/h2-6,13H,7-12,17H2,1H3. The maximum Gasteiger partial charge on any atom is 0.253 e. The van der Waals surface area contributed by atoms with Crippen molar-refractivity contribution in [1.82, 2.24) is 9.80 Å². The molecule has 0 spiro atoms. The van der Waals surface area contributed by atoms with Gasteiger partial charge in [0.05, 0.1) is 0 Å². The van der Waals surface area contributed by atoms with E-state index < -0.39 is 0 Å². The lowest BCUT2D eigenvalue weighted by Gasteiger charge is -2.36. The third-order valence-electron chi connectivity index (χ3n) is 3.92. The monoisotopic (exact) mass is 289 g/mol. The average molecular weight is 289 g/mol. The summed E-state index contributed by atoms with van der Waals surface area (Å²) in [5, 5.41) is 0. The lowest BCUT2D eigenvalue weighted by molar-refractivity contribution is -0.136. The molecule has 0 radical (unpaired) electrons. The maximum absolute atomic E-state index is 12.3. The van der Waals surface area contributed by atoms with Crippen molar-refractivity contribution < 1.29 is 9.59 Å². The third-order valence-corrected chi connectivity index (χ3v) is 3.92. The predicted octanol–water partition coefficient (Wildman–Crippen LogP) is 0.956. The van der Waals surface area contributed by atoms with E-state index in [1.54, 1.807) is 0 Å². The first kappa shape index (κ1) is 15.5. The zero-order valence-electron chi connectivity index (χ0n) is 12.5. The van der Waals surface area contributed by atoms with Gasteiger partial charge in [-0.25, -0.2) is 0 Å². The smallest absolute Gasteiger partial charge is 0.253 e. The number of carbonyl (C=O) groups is 2. The molecule has 1 aliphatic heterocycles. The second kappa shape index (κ2) is 7.22. The van der Waals surface area contributed by atoms with E-state index in [4.69, 9.17) is 5.73 Å². The van der Waals surface area contributed by atoms with Crippen molar-refractivity contribution in [3.63, 3.8) is 0 Å². The number of rotatable bonds is 4. The highest BCUT2D eigenvalue weighted by molar-refractivity contribution is 5.94. The molecule has 0 saturated carbocycles. The molecule has 114 valence electrons. The molecule has 5 heteroatoms. The second-order valence-electron chi connectivity index (χ2n) is 5.46. The van der Waals surface area contributed by atoms with Crippen molar-refractivity contribution in [2.24, 2.45) is 11.7 Å². The number of hydrogen-bond donors (Lipinski definition) is 1. The first-order valence-corrected chi connectivity index (χ1v) is 7.46. The first-order chi connectivity index (χ1) is 10.1. The molecule has 5 nitrogen and oxygen atoms in total. The van der Waals surface area contributed by atoms with Crippen molar-refractivity contribution >= 4 is 11.8 Å². The summed E-state index contributed by atoms with van der Waals surface area (Å²) < 4.78 is 0. The quantitative estimate of drug-likeness (QED) is 0.897. The summed E-state index contributed by atoms with van der Waals surface area (Å²) in [4.78, 5) is 28.2. The summed E-state index contributed by atoms with van der Waals surface area (Å²) in [6.07, 6.45) is 0.710. The number of carbonyl (C=O) groups excluding carboxylic acids is 2. The van der Waals surface area contributed by atoms with Crippen molar-refractivity contribution in [1.29, 1.82) is 0 Å². The maximum atomic E-state index is 12.3. The minimum Gasteiger partial charge on any atom is -0.339 e. The largest absolute Gasteiger partial charge is 0.339 e. The van der Waals surface area contributed by atoms with E-state index in [1.165, 1.54) is 0 Å². The Morgan fingerprint density at radius 1 is 1.10 bits per heavy atom. The van der Waals surface area contributed by atoms with Gasteiger partial charge in [0.2, 0.25) is 5.91 Å². The fraction of sp³-hybridized carbons (Fsp3) is 0.500. The van der Waals surface area contributed by atoms with Gasteiger partial charge in [0.25, 0.3) is 5.91 Å². The van der Waals surface area contributed by atoms with E-state index in [1.807, 2.05) is 47.1 Å². The fourth-order valence-corrected chi connectivity index (χ4v) is 2.58. The number of amides is 2. The van der Waals surface area contributed by atoms with Crippen LogP contribution in [0.5, 0.6) is 0 Å². The van der Waals surface area contributed by atoms with Crippen molar-refractivity contribution in [3.05, 3.63) is 35.9 Å². The molecule has 1 saturated heterocycles. The number of nitrogens with zero attached hydrogens (tertiary/aromatic N) is 2. The topological polar surface area (TPSA) is 66.6 Å². The minimum atomic E-state index is -0.0358. The van der Waals surface area contributed by atoms with Gasteiger partial charge in [-0.05, 0) is 25.1 Å². The molecule has 1 aromatic rings. The summed E-state index contributed by atoms with van der Waals surface area (Å²) in [6, 6.07) is 9.27. The van der Waals surface area contributed by atoms with Gasteiger partial charge < -0.3 is 15.5 Å². The summed E-state index contributed by atoms with van der Waals surface area (Å²) in [5.74, 6) is 0.149. The molecule has 0 aliphatic carbocycles. The molecule has 1 aromatic carbocycles. The Balaban J connectivity index is 1.89. The Labute approximate surface area is 125 Å². The van der Waals surface area contributed by atoms with Gasteiger partial charge in [0, 0.05) is 37.7 Å². The van der Waals surface area contributed by atoms with Gasteiger partial charge in [0.15, 0.2) is 0 Å². The molecule has 1 atom stereocenters. The average Bonchev–Trinajstić information content (AvgIpc) is 2.54. The Hall–Kier alpha value is -1.88. The van der Waals surface area contributed by atoms with Crippen LogP contribution in [-0.2, 0) is 4.79 Å². The molecule has 1 aliphatic rings. The van der Waals surface area contributed by atoms with Crippen LogP contribution in [0.3, 0.4) is 0 Å². The number of benzene rings is 1. The molecule has 2 amide bonds. The third kappa shape index (κ3) is 3.82. The van der Waals surface area contributed by atoms with Crippen LogP contribution in [0, 0.1) is 5.92 Å². The van der Waals surface area contributed by atoms with Crippen LogP contribution in [0.1, 0.15) is 23.7 Å². The van der Waals surface area contributed by atoms with Crippen LogP contribution < -0.4 is 5.73 Å². The van der Waals surface area contributed by atoms with Gasteiger partial charge in [-0.15, -0.1) is 0 Å². The molecule has 2 rings (SSSR count). The van der Waals surface area contributed by atoms with Crippen LogP contribution in [0.4, 0.5) is 0 Å². The van der Waals surface area contributed by atoms with Gasteiger partial charge in [-0.3, -0.25) is 9.59 Å². The highest BCUT2D eigenvalue weighted by Gasteiger charge is 2.26. The molecule has 0 bridgehead atoms. The van der Waals surface area contributed by atoms with Crippen molar-refractivity contribution in [2.45, 2.75) is 13.3 Å². The van der Waals surface area contributed by atoms with Gasteiger partial charge >= 0.3 is 0 Å². The molecular formula is C16H23N3O2. The summed E-state index contributed by atoms with van der Waals surface area (Å²) in [6.45, 7) is 4.83. The number of piperazine rings is 1. The number of nitrogens with two attached hydrogens (primary N) is 1.